The van der Waals surface area contributed by atoms with Crippen molar-refractivity contribution in [2.24, 2.45) is 0 Å². The van der Waals surface area contributed by atoms with Crippen LogP contribution in [-0.4, -0.2) is 29.3 Å². The molecule has 0 amide bonds. The summed E-state index contributed by atoms with van der Waals surface area (Å²) in [4.78, 5) is 4.05. The minimum absolute atomic E-state index is 0.0497. The topological polar surface area (TPSA) is 54.4 Å². The number of hydrogen-bond donors (Lipinski definition) is 2. The van der Waals surface area contributed by atoms with Crippen molar-refractivity contribution in [2.45, 2.75) is 25.5 Å². The molecule has 4 nitrogen and oxygen atoms in total. The molecule has 82 valence electrons. The third kappa shape index (κ3) is 2.67. The van der Waals surface area contributed by atoms with E-state index in [4.69, 9.17) is 9.84 Å². The molecule has 0 saturated carbocycles. The molecule has 4 heteroatoms. The number of ether oxygens (including phenoxy) is 1. The van der Waals surface area contributed by atoms with Crippen molar-refractivity contribution in [3.05, 3.63) is 24.0 Å². The molecule has 0 bridgehead atoms. The Morgan fingerprint density at radius 1 is 1.47 bits per heavy atom. The van der Waals surface area contributed by atoms with Gasteiger partial charge in [0.05, 0.1) is 18.5 Å². The van der Waals surface area contributed by atoms with Crippen LogP contribution in [0.2, 0.25) is 0 Å². The highest BCUT2D eigenvalue weighted by Crippen LogP contribution is 2.18. The largest absolute Gasteiger partial charge is 0.392 e. The number of hydrogen-bond acceptors (Lipinski definition) is 4. The van der Waals surface area contributed by atoms with E-state index in [0.717, 1.165) is 37.3 Å². The molecule has 1 aliphatic rings. The molecule has 1 aromatic heterocycles. The number of aromatic nitrogens is 1. The van der Waals surface area contributed by atoms with E-state index in [1.54, 1.807) is 12.4 Å². The second-order valence-electron chi connectivity index (χ2n) is 3.72. The Bertz CT molecular complexity index is 311. The van der Waals surface area contributed by atoms with Crippen molar-refractivity contribution in [1.82, 2.24) is 4.98 Å². The summed E-state index contributed by atoms with van der Waals surface area (Å²) in [6.45, 7) is 1.67. The van der Waals surface area contributed by atoms with Gasteiger partial charge >= 0.3 is 0 Å². The van der Waals surface area contributed by atoms with Crippen LogP contribution in [0.5, 0.6) is 0 Å². The lowest BCUT2D eigenvalue weighted by atomic mass is 10.1. The number of nitrogens with zero attached hydrogens (tertiary/aromatic N) is 1. The van der Waals surface area contributed by atoms with Gasteiger partial charge in [-0.3, -0.25) is 4.98 Å². The summed E-state index contributed by atoms with van der Waals surface area (Å²) in [5.74, 6) is 0. The van der Waals surface area contributed by atoms with Crippen LogP contribution in [0.3, 0.4) is 0 Å². The fourth-order valence-corrected chi connectivity index (χ4v) is 1.75. The zero-order valence-corrected chi connectivity index (χ0v) is 8.65. The molecule has 2 heterocycles. The van der Waals surface area contributed by atoms with Gasteiger partial charge in [-0.25, -0.2) is 0 Å². The smallest absolute Gasteiger partial charge is 0.0703 e. The molecule has 0 unspecified atom stereocenters. The molecule has 1 fully saturated rings. The lowest BCUT2D eigenvalue weighted by Crippen LogP contribution is -2.28. The highest BCUT2D eigenvalue weighted by atomic mass is 16.5. The predicted octanol–water partition coefficient (Wildman–Crippen LogP) is 1.16. The fraction of sp³-hybridized carbons (Fsp3) is 0.545. The molecule has 15 heavy (non-hydrogen) atoms. The van der Waals surface area contributed by atoms with E-state index in [1.807, 2.05) is 6.07 Å². The van der Waals surface area contributed by atoms with Gasteiger partial charge in [-0.05, 0) is 18.9 Å². The minimum Gasteiger partial charge on any atom is -0.392 e. The molecule has 2 rings (SSSR count). The van der Waals surface area contributed by atoms with Crippen molar-refractivity contribution in [1.29, 1.82) is 0 Å². The highest BCUT2D eigenvalue weighted by molar-refractivity contribution is 5.49. The van der Waals surface area contributed by atoms with Gasteiger partial charge in [-0.1, -0.05) is 0 Å². The first-order valence-electron chi connectivity index (χ1n) is 5.28. The molecule has 0 aliphatic carbocycles. The van der Waals surface area contributed by atoms with Gasteiger partial charge < -0.3 is 15.2 Å². The normalized spacial score (nSPS) is 17.7. The monoisotopic (exact) mass is 208 g/mol. The standard InChI is InChI=1S/C11H16N2O2/c14-8-9-1-4-12-7-11(9)13-10-2-5-15-6-3-10/h1,4,7,10,13-14H,2-3,5-6,8H2. The molecule has 1 aliphatic heterocycles. The second kappa shape index (κ2) is 5.09. The minimum atomic E-state index is 0.0497. The molecule has 2 N–H and O–H groups in total. The quantitative estimate of drug-likeness (QED) is 0.782. The van der Waals surface area contributed by atoms with Gasteiger partial charge in [0.15, 0.2) is 0 Å². The van der Waals surface area contributed by atoms with E-state index in [-0.39, 0.29) is 6.61 Å². The van der Waals surface area contributed by atoms with Crippen LogP contribution in [0.15, 0.2) is 18.5 Å². The van der Waals surface area contributed by atoms with Crippen LogP contribution in [0.4, 0.5) is 5.69 Å². The molecule has 0 spiro atoms. The molecule has 0 aromatic carbocycles. The van der Waals surface area contributed by atoms with Gasteiger partial charge in [0.2, 0.25) is 0 Å². The van der Waals surface area contributed by atoms with Crippen LogP contribution in [-0.2, 0) is 11.3 Å². The SMILES string of the molecule is OCc1ccncc1NC1CCOCC1. The van der Waals surface area contributed by atoms with Crippen molar-refractivity contribution in [3.8, 4) is 0 Å². The first kappa shape index (κ1) is 10.4. The maximum Gasteiger partial charge on any atom is 0.0703 e. The average molecular weight is 208 g/mol. The van der Waals surface area contributed by atoms with E-state index in [0.29, 0.717) is 6.04 Å². The van der Waals surface area contributed by atoms with E-state index in [1.165, 1.54) is 0 Å². The average Bonchev–Trinajstić information content (AvgIpc) is 2.31. The van der Waals surface area contributed by atoms with Crippen molar-refractivity contribution in [2.75, 3.05) is 18.5 Å². The Hall–Kier alpha value is -1.13. The van der Waals surface area contributed by atoms with Gasteiger partial charge in [0.1, 0.15) is 0 Å². The van der Waals surface area contributed by atoms with E-state index >= 15 is 0 Å². The van der Waals surface area contributed by atoms with Crippen LogP contribution >= 0.6 is 0 Å². The summed E-state index contributed by atoms with van der Waals surface area (Å²) in [7, 11) is 0. The maximum absolute atomic E-state index is 9.16. The lowest BCUT2D eigenvalue weighted by molar-refractivity contribution is 0.0904. The van der Waals surface area contributed by atoms with E-state index < -0.39 is 0 Å². The van der Waals surface area contributed by atoms with Crippen LogP contribution in [0.1, 0.15) is 18.4 Å². The summed E-state index contributed by atoms with van der Waals surface area (Å²) in [6.07, 6.45) is 5.49. The number of rotatable bonds is 3. The number of pyridine rings is 1. The number of nitrogens with one attached hydrogen (secondary N) is 1. The van der Waals surface area contributed by atoms with Gasteiger partial charge in [0.25, 0.3) is 0 Å². The zero-order chi connectivity index (χ0) is 10.5. The lowest BCUT2D eigenvalue weighted by Gasteiger charge is -2.24. The summed E-state index contributed by atoms with van der Waals surface area (Å²) in [6, 6.07) is 2.27. The number of anilines is 1. The molecule has 0 radical (unpaired) electrons. The fourth-order valence-electron chi connectivity index (χ4n) is 1.75. The Balaban J connectivity index is 2.02. The van der Waals surface area contributed by atoms with Gasteiger partial charge in [-0.2, -0.15) is 0 Å². The third-order valence-electron chi connectivity index (χ3n) is 2.66. The molecular weight excluding hydrogens is 192 g/mol. The van der Waals surface area contributed by atoms with Crippen LogP contribution in [0, 0.1) is 0 Å². The number of aliphatic hydroxyl groups is 1. The van der Waals surface area contributed by atoms with Crippen molar-refractivity contribution in [3.63, 3.8) is 0 Å². The molecule has 1 aromatic rings. The molecule has 0 atom stereocenters. The van der Waals surface area contributed by atoms with Crippen LogP contribution < -0.4 is 5.32 Å². The Labute approximate surface area is 89.3 Å². The van der Waals surface area contributed by atoms with E-state index in [2.05, 4.69) is 10.3 Å². The Kier molecular flexibility index (Phi) is 3.53. The number of aliphatic hydroxyl groups excluding tert-OH is 1. The van der Waals surface area contributed by atoms with Crippen molar-refractivity contribution < 1.29 is 9.84 Å². The Morgan fingerprint density at radius 2 is 2.27 bits per heavy atom. The summed E-state index contributed by atoms with van der Waals surface area (Å²) < 4.78 is 5.29. The maximum atomic E-state index is 9.16. The predicted molar refractivity (Wildman–Crippen MR) is 57.6 cm³/mol. The Morgan fingerprint density at radius 3 is 3.00 bits per heavy atom. The zero-order valence-electron chi connectivity index (χ0n) is 8.65. The van der Waals surface area contributed by atoms with Crippen LogP contribution in [0.25, 0.3) is 0 Å². The highest BCUT2D eigenvalue weighted by Gasteiger charge is 2.14. The third-order valence-corrected chi connectivity index (χ3v) is 2.66. The first-order valence-corrected chi connectivity index (χ1v) is 5.28. The van der Waals surface area contributed by atoms with E-state index in [9.17, 15) is 0 Å². The first-order chi connectivity index (χ1) is 7.40. The second-order valence-corrected chi connectivity index (χ2v) is 3.72. The summed E-state index contributed by atoms with van der Waals surface area (Å²) in [5.41, 5.74) is 1.84. The van der Waals surface area contributed by atoms with Gasteiger partial charge in [0, 0.05) is 31.0 Å². The van der Waals surface area contributed by atoms with Crippen molar-refractivity contribution >= 4 is 5.69 Å². The van der Waals surface area contributed by atoms with Gasteiger partial charge in [-0.15, -0.1) is 0 Å². The molecule has 1 saturated heterocycles. The summed E-state index contributed by atoms with van der Waals surface area (Å²) in [5, 5.41) is 12.6. The molecular formula is C11H16N2O2. The summed E-state index contributed by atoms with van der Waals surface area (Å²) >= 11 is 0.